The summed E-state index contributed by atoms with van der Waals surface area (Å²) in [6.45, 7) is 3.84. The first-order chi connectivity index (χ1) is 9.38. The highest BCUT2D eigenvalue weighted by Crippen LogP contribution is 2.33. The fourth-order valence-corrected chi connectivity index (χ4v) is 1.92. The van der Waals surface area contributed by atoms with E-state index in [1.54, 1.807) is 18.5 Å². The Morgan fingerprint density at radius 2 is 1.85 bits per heavy atom. The van der Waals surface area contributed by atoms with Gasteiger partial charge in [-0.25, -0.2) is 0 Å². The zero-order valence-corrected chi connectivity index (χ0v) is 11.3. The first-order valence-electron chi connectivity index (χ1n) is 6.19. The van der Waals surface area contributed by atoms with E-state index in [0.29, 0.717) is 12.2 Å². The summed E-state index contributed by atoms with van der Waals surface area (Å²) in [6, 6.07) is 6.13. The van der Waals surface area contributed by atoms with Crippen LogP contribution < -0.4 is 5.32 Å². The third kappa shape index (κ3) is 3.29. The lowest BCUT2D eigenvalue weighted by molar-refractivity contribution is -0.138. The van der Waals surface area contributed by atoms with E-state index < -0.39 is 11.7 Å². The van der Waals surface area contributed by atoms with Crippen molar-refractivity contribution in [1.82, 2.24) is 4.98 Å². The number of rotatable bonds is 3. The number of alkyl halides is 3. The Bertz CT molecular complexity index is 606. The number of nitrogens with zero attached hydrogens (tertiary/aromatic N) is 1. The van der Waals surface area contributed by atoms with E-state index in [9.17, 15) is 13.2 Å². The number of benzene rings is 1. The van der Waals surface area contributed by atoms with Gasteiger partial charge in [0, 0.05) is 24.6 Å². The third-order valence-electron chi connectivity index (χ3n) is 3.17. The van der Waals surface area contributed by atoms with Gasteiger partial charge < -0.3 is 5.32 Å². The van der Waals surface area contributed by atoms with Gasteiger partial charge in [0.05, 0.1) is 5.56 Å². The number of hydrogen-bond donors (Lipinski definition) is 1. The maximum absolute atomic E-state index is 12.8. The van der Waals surface area contributed by atoms with Gasteiger partial charge in [-0.05, 0) is 48.7 Å². The number of aromatic nitrogens is 1. The molecule has 5 heteroatoms. The van der Waals surface area contributed by atoms with Crippen molar-refractivity contribution in [3.05, 3.63) is 58.9 Å². The molecule has 0 aliphatic rings. The SMILES string of the molecule is Cc1ccncc1CNc1ccc(C)c(C(F)(F)F)c1. The van der Waals surface area contributed by atoms with Crippen LogP contribution >= 0.6 is 0 Å². The molecule has 1 heterocycles. The van der Waals surface area contributed by atoms with Crippen molar-refractivity contribution in [2.24, 2.45) is 0 Å². The molecule has 0 bridgehead atoms. The normalized spacial score (nSPS) is 11.4. The van der Waals surface area contributed by atoms with E-state index in [0.717, 1.165) is 17.2 Å². The van der Waals surface area contributed by atoms with Crippen LogP contribution in [0.25, 0.3) is 0 Å². The van der Waals surface area contributed by atoms with E-state index >= 15 is 0 Å². The predicted molar refractivity (Wildman–Crippen MR) is 72.5 cm³/mol. The van der Waals surface area contributed by atoms with Gasteiger partial charge in [-0.1, -0.05) is 6.07 Å². The summed E-state index contributed by atoms with van der Waals surface area (Å²) < 4.78 is 38.5. The first kappa shape index (κ1) is 14.4. The van der Waals surface area contributed by atoms with Crippen molar-refractivity contribution in [3.63, 3.8) is 0 Å². The summed E-state index contributed by atoms with van der Waals surface area (Å²) in [7, 11) is 0. The minimum atomic E-state index is -4.33. The first-order valence-corrected chi connectivity index (χ1v) is 6.19. The molecular weight excluding hydrogens is 265 g/mol. The van der Waals surface area contributed by atoms with Gasteiger partial charge in [-0.3, -0.25) is 4.98 Å². The van der Waals surface area contributed by atoms with Crippen LogP contribution in [0, 0.1) is 13.8 Å². The van der Waals surface area contributed by atoms with Crippen molar-refractivity contribution < 1.29 is 13.2 Å². The summed E-state index contributed by atoms with van der Waals surface area (Å²) in [6.07, 6.45) is -0.931. The summed E-state index contributed by atoms with van der Waals surface area (Å²) in [5.74, 6) is 0. The summed E-state index contributed by atoms with van der Waals surface area (Å²) in [5.41, 5.74) is 2.08. The largest absolute Gasteiger partial charge is 0.416 e. The molecule has 0 radical (unpaired) electrons. The van der Waals surface area contributed by atoms with Crippen LogP contribution in [0.3, 0.4) is 0 Å². The second-order valence-corrected chi connectivity index (χ2v) is 4.68. The van der Waals surface area contributed by atoms with E-state index in [1.807, 2.05) is 13.0 Å². The van der Waals surface area contributed by atoms with E-state index in [1.165, 1.54) is 13.0 Å². The second kappa shape index (κ2) is 5.53. The second-order valence-electron chi connectivity index (χ2n) is 4.68. The number of halogens is 3. The zero-order valence-electron chi connectivity index (χ0n) is 11.3. The average molecular weight is 280 g/mol. The van der Waals surface area contributed by atoms with Crippen LogP contribution in [0.1, 0.15) is 22.3 Å². The fourth-order valence-electron chi connectivity index (χ4n) is 1.92. The van der Waals surface area contributed by atoms with Crippen molar-refractivity contribution in [2.75, 3.05) is 5.32 Å². The fraction of sp³-hybridized carbons (Fsp3) is 0.267. The molecule has 2 rings (SSSR count). The maximum atomic E-state index is 12.8. The highest BCUT2D eigenvalue weighted by atomic mass is 19.4. The standard InChI is InChI=1S/C15H15F3N2/c1-10-5-6-19-8-12(10)9-20-13-4-3-11(2)14(7-13)15(16,17)18/h3-8,20H,9H2,1-2H3. The number of nitrogens with one attached hydrogen (secondary N) is 1. The molecule has 1 aromatic heterocycles. The molecule has 2 nitrogen and oxygen atoms in total. The summed E-state index contributed by atoms with van der Waals surface area (Å²) in [5, 5.41) is 3.00. The molecule has 0 saturated heterocycles. The number of anilines is 1. The monoisotopic (exact) mass is 280 g/mol. The molecule has 20 heavy (non-hydrogen) atoms. The topological polar surface area (TPSA) is 24.9 Å². The lowest BCUT2D eigenvalue weighted by atomic mass is 10.1. The van der Waals surface area contributed by atoms with Crippen molar-refractivity contribution in [3.8, 4) is 0 Å². The maximum Gasteiger partial charge on any atom is 0.416 e. The minimum Gasteiger partial charge on any atom is -0.381 e. The van der Waals surface area contributed by atoms with Crippen LogP contribution in [0.4, 0.5) is 18.9 Å². The lowest BCUT2D eigenvalue weighted by Crippen LogP contribution is -2.09. The molecule has 1 N–H and O–H groups in total. The molecule has 0 aliphatic heterocycles. The Kier molecular flexibility index (Phi) is 3.97. The molecule has 0 amide bonds. The number of pyridine rings is 1. The van der Waals surface area contributed by atoms with Gasteiger partial charge in [0.25, 0.3) is 0 Å². The summed E-state index contributed by atoms with van der Waals surface area (Å²) >= 11 is 0. The van der Waals surface area contributed by atoms with Gasteiger partial charge in [0.15, 0.2) is 0 Å². The molecule has 0 fully saturated rings. The Hall–Kier alpha value is -2.04. The zero-order chi connectivity index (χ0) is 14.8. The number of hydrogen-bond acceptors (Lipinski definition) is 2. The van der Waals surface area contributed by atoms with Gasteiger partial charge in [-0.15, -0.1) is 0 Å². The van der Waals surface area contributed by atoms with Crippen LogP contribution in [-0.2, 0) is 12.7 Å². The Balaban J connectivity index is 2.17. The van der Waals surface area contributed by atoms with Gasteiger partial charge >= 0.3 is 6.18 Å². The molecule has 0 saturated carbocycles. The average Bonchev–Trinajstić information content (AvgIpc) is 2.38. The van der Waals surface area contributed by atoms with Crippen LogP contribution in [0.15, 0.2) is 36.7 Å². The number of aryl methyl sites for hydroxylation is 2. The molecule has 0 spiro atoms. The lowest BCUT2D eigenvalue weighted by Gasteiger charge is -2.14. The van der Waals surface area contributed by atoms with Crippen molar-refractivity contribution in [2.45, 2.75) is 26.6 Å². The van der Waals surface area contributed by atoms with Crippen molar-refractivity contribution >= 4 is 5.69 Å². The summed E-state index contributed by atoms with van der Waals surface area (Å²) in [4.78, 5) is 4.01. The van der Waals surface area contributed by atoms with Crippen LogP contribution in [0.5, 0.6) is 0 Å². The molecule has 2 aromatic rings. The van der Waals surface area contributed by atoms with E-state index in [2.05, 4.69) is 10.3 Å². The van der Waals surface area contributed by atoms with E-state index in [4.69, 9.17) is 0 Å². The molecule has 0 unspecified atom stereocenters. The van der Waals surface area contributed by atoms with Gasteiger partial charge in [0.1, 0.15) is 0 Å². The smallest absolute Gasteiger partial charge is 0.381 e. The molecule has 0 aliphatic carbocycles. The highest BCUT2D eigenvalue weighted by Gasteiger charge is 2.32. The Morgan fingerprint density at radius 1 is 1.10 bits per heavy atom. The molecule has 0 atom stereocenters. The van der Waals surface area contributed by atoms with Gasteiger partial charge in [-0.2, -0.15) is 13.2 Å². The molecule has 106 valence electrons. The minimum absolute atomic E-state index is 0.223. The van der Waals surface area contributed by atoms with Crippen molar-refractivity contribution in [1.29, 1.82) is 0 Å². The molecular formula is C15H15F3N2. The van der Waals surface area contributed by atoms with Gasteiger partial charge in [0.2, 0.25) is 0 Å². The third-order valence-corrected chi connectivity index (χ3v) is 3.17. The molecule has 1 aromatic carbocycles. The predicted octanol–water partition coefficient (Wildman–Crippen LogP) is 4.33. The Morgan fingerprint density at radius 3 is 2.50 bits per heavy atom. The van der Waals surface area contributed by atoms with E-state index in [-0.39, 0.29) is 5.56 Å². The van der Waals surface area contributed by atoms with Crippen LogP contribution in [0.2, 0.25) is 0 Å². The Labute approximate surface area is 115 Å². The highest BCUT2D eigenvalue weighted by molar-refractivity contribution is 5.50. The van der Waals surface area contributed by atoms with Crippen LogP contribution in [-0.4, -0.2) is 4.98 Å². The quantitative estimate of drug-likeness (QED) is 0.905.